The number of amides is 1. The number of hydrogen-bond acceptors (Lipinski definition) is 4. The number of piperidine rings is 1. The molecule has 5 nitrogen and oxygen atoms in total. The summed E-state index contributed by atoms with van der Waals surface area (Å²) in [5.74, 6) is 0.136. The van der Waals surface area contributed by atoms with Gasteiger partial charge in [0.15, 0.2) is 0 Å². The Morgan fingerprint density at radius 3 is 2.90 bits per heavy atom. The van der Waals surface area contributed by atoms with Crippen molar-refractivity contribution in [3.05, 3.63) is 30.1 Å². The molecule has 116 valence electrons. The second-order valence-electron chi connectivity index (χ2n) is 5.30. The zero-order chi connectivity index (χ0) is 14.9. The molecule has 1 aliphatic heterocycles. The first kappa shape index (κ1) is 15.9. The van der Waals surface area contributed by atoms with Gasteiger partial charge in [0.1, 0.15) is 0 Å². The second kappa shape index (κ2) is 8.74. The van der Waals surface area contributed by atoms with Crippen LogP contribution >= 0.6 is 0 Å². The zero-order valence-corrected chi connectivity index (χ0v) is 12.8. The van der Waals surface area contributed by atoms with Crippen LogP contribution in [0.15, 0.2) is 24.4 Å². The SMILES string of the molecule is CCN(Cc1ccccn1)C(=O)CCOC1CCNCC1. The van der Waals surface area contributed by atoms with Gasteiger partial charge < -0.3 is 15.0 Å². The fraction of sp³-hybridized carbons (Fsp3) is 0.625. The third-order valence-electron chi connectivity index (χ3n) is 3.77. The van der Waals surface area contributed by atoms with E-state index in [0.29, 0.717) is 32.2 Å². The minimum Gasteiger partial charge on any atom is -0.378 e. The predicted molar refractivity (Wildman–Crippen MR) is 81.8 cm³/mol. The minimum absolute atomic E-state index is 0.136. The second-order valence-corrected chi connectivity index (χ2v) is 5.30. The number of nitrogens with one attached hydrogen (secondary N) is 1. The van der Waals surface area contributed by atoms with Crippen LogP contribution in [0, 0.1) is 0 Å². The molecule has 1 amide bonds. The van der Waals surface area contributed by atoms with Gasteiger partial charge in [-0.1, -0.05) is 6.07 Å². The number of nitrogens with zero attached hydrogens (tertiary/aromatic N) is 2. The molecule has 1 aliphatic rings. The van der Waals surface area contributed by atoms with Crippen molar-refractivity contribution in [1.29, 1.82) is 0 Å². The van der Waals surface area contributed by atoms with Crippen molar-refractivity contribution in [2.24, 2.45) is 0 Å². The normalized spacial score (nSPS) is 15.9. The average molecular weight is 291 g/mol. The number of pyridine rings is 1. The van der Waals surface area contributed by atoms with E-state index in [9.17, 15) is 4.79 Å². The Bertz CT molecular complexity index is 419. The smallest absolute Gasteiger partial charge is 0.225 e. The first-order valence-corrected chi connectivity index (χ1v) is 7.79. The van der Waals surface area contributed by atoms with Gasteiger partial charge in [-0.3, -0.25) is 9.78 Å². The summed E-state index contributed by atoms with van der Waals surface area (Å²) in [6, 6.07) is 5.77. The molecular formula is C16H25N3O2. The van der Waals surface area contributed by atoms with Gasteiger partial charge in [0.05, 0.1) is 31.4 Å². The summed E-state index contributed by atoms with van der Waals surface area (Å²) >= 11 is 0. The maximum Gasteiger partial charge on any atom is 0.225 e. The number of carbonyl (C=O) groups is 1. The van der Waals surface area contributed by atoms with Crippen LogP contribution in [0.4, 0.5) is 0 Å². The lowest BCUT2D eigenvalue weighted by atomic mass is 10.1. The minimum atomic E-state index is 0.136. The lowest BCUT2D eigenvalue weighted by Gasteiger charge is -2.24. The Kier molecular flexibility index (Phi) is 6.63. The molecule has 0 atom stereocenters. The molecule has 0 saturated carbocycles. The highest BCUT2D eigenvalue weighted by molar-refractivity contribution is 5.76. The van der Waals surface area contributed by atoms with Crippen molar-refractivity contribution < 1.29 is 9.53 Å². The van der Waals surface area contributed by atoms with Gasteiger partial charge in [0.25, 0.3) is 0 Å². The molecule has 1 N–H and O–H groups in total. The molecule has 2 rings (SSSR count). The van der Waals surface area contributed by atoms with Crippen LogP contribution in [-0.2, 0) is 16.1 Å². The van der Waals surface area contributed by atoms with E-state index in [1.54, 1.807) is 6.20 Å². The molecule has 21 heavy (non-hydrogen) atoms. The standard InChI is InChI=1S/C16H25N3O2/c1-2-19(13-14-5-3-4-9-18-14)16(20)8-12-21-15-6-10-17-11-7-15/h3-5,9,15,17H,2,6-8,10-13H2,1H3. The van der Waals surface area contributed by atoms with Gasteiger partial charge in [-0.05, 0) is 45.0 Å². The predicted octanol–water partition coefficient (Wildman–Crippen LogP) is 1.59. The van der Waals surface area contributed by atoms with Gasteiger partial charge in [-0.15, -0.1) is 0 Å². The summed E-state index contributed by atoms with van der Waals surface area (Å²) in [5, 5.41) is 3.31. The van der Waals surface area contributed by atoms with Crippen LogP contribution in [0.3, 0.4) is 0 Å². The molecular weight excluding hydrogens is 266 g/mol. The average Bonchev–Trinajstić information content (AvgIpc) is 2.54. The van der Waals surface area contributed by atoms with Gasteiger partial charge in [-0.2, -0.15) is 0 Å². The monoisotopic (exact) mass is 291 g/mol. The van der Waals surface area contributed by atoms with Crippen molar-refractivity contribution >= 4 is 5.91 Å². The van der Waals surface area contributed by atoms with E-state index in [1.807, 2.05) is 30.0 Å². The molecule has 0 spiro atoms. The van der Waals surface area contributed by atoms with E-state index in [1.165, 1.54) is 0 Å². The molecule has 0 aliphatic carbocycles. The molecule has 0 bridgehead atoms. The van der Waals surface area contributed by atoms with E-state index in [2.05, 4.69) is 10.3 Å². The summed E-state index contributed by atoms with van der Waals surface area (Å²) < 4.78 is 5.80. The molecule has 0 unspecified atom stereocenters. The number of ether oxygens (including phenoxy) is 1. The van der Waals surface area contributed by atoms with Crippen molar-refractivity contribution in [1.82, 2.24) is 15.2 Å². The fourth-order valence-electron chi connectivity index (χ4n) is 2.50. The van der Waals surface area contributed by atoms with E-state index in [0.717, 1.165) is 31.6 Å². The van der Waals surface area contributed by atoms with E-state index in [4.69, 9.17) is 4.74 Å². The highest BCUT2D eigenvalue weighted by atomic mass is 16.5. The number of rotatable bonds is 7. The molecule has 1 aromatic heterocycles. The van der Waals surface area contributed by atoms with E-state index >= 15 is 0 Å². The van der Waals surface area contributed by atoms with E-state index < -0.39 is 0 Å². The highest BCUT2D eigenvalue weighted by Gasteiger charge is 2.16. The topological polar surface area (TPSA) is 54.5 Å². The summed E-state index contributed by atoms with van der Waals surface area (Å²) in [6.07, 6.45) is 4.60. The van der Waals surface area contributed by atoms with Crippen LogP contribution < -0.4 is 5.32 Å². The molecule has 1 saturated heterocycles. The molecule has 5 heteroatoms. The largest absolute Gasteiger partial charge is 0.378 e. The Morgan fingerprint density at radius 2 is 2.24 bits per heavy atom. The maximum atomic E-state index is 12.2. The molecule has 1 fully saturated rings. The first-order valence-electron chi connectivity index (χ1n) is 7.79. The van der Waals surface area contributed by atoms with Crippen LogP contribution in [0.2, 0.25) is 0 Å². The molecule has 1 aromatic rings. The summed E-state index contributed by atoms with van der Waals surface area (Å²) in [7, 11) is 0. The first-order chi connectivity index (χ1) is 10.3. The van der Waals surface area contributed by atoms with Crippen LogP contribution in [0.25, 0.3) is 0 Å². The summed E-state index contributed by atoms with van der Waals surface area (Å²) in [4.78, 5) is 18.3. The molecule has 0 radical (unpaired) electrons. The van der Waals surface area contributed by atoms with Gasteiger partial charge >= 0.3 is 0 Å². The number of hydrogen-bond donors (Lipinski definition) is 1. The van der Waals surface area contributed by atoms with Crippen molar-refractivity contribution in [3.8, 4) is 0 Å². The van der Waals surface area contributed by atoms with Gasteiger partial charge in [-0.25, -0.2) is 0 Å². The van der Waals surface area contributed by atoms with E-state index in [-0.39, 0.29) is 5.91 Å². The quantitative estimate of drug-likeness (QED) is 0.829. The number of carbonyl (C=O) groups excluding carboxylic acids is 1. The van der Waals surface area contributed by atoms with Gasteiger partial charge in [0, 0.05) is 12.7 Å². The number of aromatic nitrogens is 1. The van der Waals surface area contributed by atoms with Crippen LogP contribution in [0.1, 0.15) is 31.9 Å². The van der Waals surface area contributed by atoms with Crippen LogP contribution in [-0.4, -0.2) is 48.1 Å². The maximum absolute atomic E-state index is 12.2. The Balaban J connectivity index is 1.72. The van der Waals surface area contributed by atoms with Crippen molar-refractivity contribution in [2.45, 2.75) is 38.8 Å². The zero-order valence-electron chi connectivity index (χ0n) is 12.8. The Morgan fingerprint density at radius 1 is 1.43 bits per heavy atom. The lowest BCUT2D eigenvalue weighted by Crippen LogP contribution is -2.34. The lowest BCUT2D eigenvalue weighted by molar-refractivity contribution is -0.133. The third-order valence-corrected chi connectivity index (χ3v) is 3.77. The summed E-state index contributed by atoms with van der Waals surface area (Å²) in [5.41, 5.74) is 0.923. The third kappa shape index (κ3) is 5.44. The fourth-order valence-corrected chi connectivity index (χ4v) is 2.50. The Hall–Kier alpha value is -1.46. The highest BCUT2D eigenvalue weighted by Crippen LogP contribution is 2.09. The van der Waals surface area contributed by atoms with Crippen molar-refractivity contribution in [2.75, 3.05) is 26.2 Å². The Labute approximate surface area is 126 Å². The van der Waals surface area contributed by atoms with Crippen molar-refractivity contribution in [3.63, 3.8) is 0 Å². The molecule has 2 heterocycles. The van der Waals surface area contributed by atoms with Gasteiger partial charge in [0.2, 0.25) is 5.91 Å². The van der Waals surface area contributed by atoms with Crippen LogP contribution in [0.5, 0.6) is 0 Å². The summed E-state index contributed by atoms with van der Waals surface area (Å²) in [6.45, 7) is 5.81. The molecule has 0 aromatic carbocycles.